The number of rotatable bonds is 2. The highest BCUT2D eigenvalue weighted by Crippen LogP contribution is 2.43. The molecule has 2 bridgehead atoms. The standard InChI is InChI=1S/C21H29N5O2S/c1-14-5-6-18(23-22-14)25-12-15-11-16(13-25)20(21(28)24-7-9-29-10-8-24)26-17(15)3-2-4-19(26)27/h5-6,15-17,20H,2-4,7-13H2,1H3/t15-,16+,17+,20-/m1/s1. The van der Waals surface area contributed by atoms with Crippen molar-refractivity contribution in [2.24, 2.45) is 11.8 Å². The van der Waals surface area contributed by atoms with E-state index in [-0.39, 0.29) is 29.8 Å². The van der Waals surface area contributed by atoms with Gasteiger partial charge in [0.2, 0.25) is 11.8 Å². The molecule has 4 fully saturated rings. The van der Waals surface area contributed by atoms with Crippen molar-refractivity contribution in [2.45, 2.75) is 44.7 Å². The van der Waals surface area contributed by atoms with Crippen molar-refractivity contribution in [2.75, 3.05) is 42.6 Å². The van der Waals surface area contributed by atoms with Crippen molar-refractivity contribution in [3.63, 3.8) is 0 Å². The number of fused-ring (bicyclic) bond motifs is 4. The Labute approximate surface area is 176 Å². The molecule has 0 N–H and O–H groups in total. The number of amides is 2. The number of hydrogen-bond donors (Lipinski definition) is 0. The van der Waals surface area contributed by atoms with Gasteiger partial charge in [0, 0.05) is 56.1 Å². The minimum Gasteiger partial charge on any atom is -0.354 e. The SMILES string of the molecule is Cc1ccc(N2C[C@H]3C[C@@H](C2)[C@H](C(=O)N2CCSCC2)N2C(=O)CCC[C@@H]32)nn1. The molecular weight excluding hydrogens is 386 g/mol. The summed E-state index contributed by atoms with van der Waals surface area (Å²) >= 11 is 1.91. The zero-order valence-corrected chi connectivity index (χ0v) is 17.8. The summed E-state index contributed by atoms with van der Waals surface area (Å²) in [4.78, 5) is 32.9. The molecule has 4 aliphatic heterocycles. The Hall–Kier alpha value is -1.83. The minimum absolute atomic E-state index is 0.164. The van der Waals surface area contributed by atoms with Gasteiger partial charge in [-0.2, -0.15) is 16.9 Å². The lowest BCUT2D eigenvalue weighted by Crippen LogP contribution is -2.69. The largest absolute Gasteiger partial charge is 0.354 e. The van der Waals surface area contributed by atoms with Gasteiger partial charge in [-0.15, -0.1) is 5.10 Å². The Balaban J connectivity index is 1.46. The Morgan fingerprint density at radius 3 is 2.69 bits per heavy atom. The van der Waals surface area contributed by atoms with Crippen LogP contribution in [0, 0.1) is 18.8 Å². The molecule has 0 aromatic carbocycles. The number of anilines is 1. The molecule has 7 nitrogen and oxygen atoms in total. The fraction of sp³-hybridized carbons (Fsp3) is 0.714. The Bertz CT molecular complexity index is 782. The number of piperidine rings is 3. The molecule has 156 valence electrons. The van der Waals surface area contributed by atoms with Gasteiger partial charge in [0.15, 0.2) is 5.82 Å². The predicted molar refractivity (Wildman–Crippen MR) is 113 cm³/mol. The maximum atomic E-state index is 13.6. The van der Waals surface area contributed by atoms with E-state index in [9.17, 15) is 9.59 Å². The first-order valence-electron chi connectivity index (χ1n) is 10.8. The predicted octanol–water partition coefficient (Wildman–Crippen LogP) is 1.57. The van der Waals surface area contributed by atoms with Gasteiger partial charge in [-0.05, 0) is 44.2 Å². The third kappa shape index (κ3) is 3.49. The van der Waals surface area contributed by atoms with Crippen LogP contribution >= 0.6 is 11.8 Å². The summed E-state index contributed by atoms with van der Waals surface area (Å²) in [6.07, 6.45) is 3.56. The van der Waals surface area contributed by atoms with E-state index in [1.54, 1.807) is 0 Å². The van der Waals surface area contributed by atoms with Crippen molar-refractivity contribution in [3.8, 4) is 0 Å². The van der Waals surface area contributed by atoms with E-state index in [0.717, 1.165) is 68.5 Å². The highest BCUT2D eigenvalue weighted by atomic mass is 32.2. The van der Waals surface area contributed by atoms with Crippen LogP contribution in [0.3, 0.4) is 0 Å². The third-order valence-electron chi connectivity index (χ3n) is 7.03. The van der Waals surface area contributed by atoms with E-state index in [1.165, 1.54) is 0 Å². The Morgan fingerprint density at radius 2 is 1.93 bits per heavy atom. The lowest BCUT2D eigenvalue weighted by atomic mass is 9.71. The molecule has 4 saturated heterocycles. The molecule has 0 aliphatic carbocycles. The summed E-state index contributed by atoms with van der Waals surface area (Å²) in [6, 6.07) is 3.90. The first kappa shape index (κ1) is 19.2. The number of aromatic nitrogens is 2. The lowest BCUT2D eigenvalue weighted by Gasteiger charge is -2.56. The number of nitrogens with zero attached hydrogens (tertiary/aromatic N) is 5. The van der Waals surface area contributed by atoms with Crippen LogP contribution < -0.4 is 4.90 Å². The molecule has 5 rings (SSSR count). The number of thioether (sulfide) groups is 1. The molecule has 4 aliphatic rings. The second kappa shape index (κ2) is 7.78. The average Bonchev–Trinajstić information content (AvgIpc) is 2.75. The summed E-state index contributed by atoms with van der Waals surface area (Å²) in [5.41, 5.74) is 0.908. The smallest absolute Gasteiger partial charge is 0.245 e. The molecule has 1 aromatic rings. The van der Waals surface area contributed by atoms with Gasteiger partial charge in [-0.1, -0.05) is 0 Å². The first-order valence-corrected chi connectivity index (χ1v) is 12.0. The third-order valence-corrected chi connectivity index (χ3v) is 7.97. The number of aryl methyl sites for hydroxylation is 1. The fourth-order valence-corrected chi connectivity index (χ4v) is 6.60. The van der Waals surface area contributed by atoms with Gasteiger partial charge in [0.25, 0.3) is 0 Å². The number of carbonyl (C=O) groups excluding carboxylic acids is 2. The van der Waals surface area contributed by atoms with E-state index in [4.69, 9.17) is 0 Å². The first-order chi connectivity index (χ1) is 14.1. The highest BCUT2D eigenvalue weighted by molar-refractivity contribution is 7.99. The maximum Gasteiger partial charge on any atom is 0.245 e. The normalized spacial score (nSPS) is 32.2. The van der Waals surface area contributed by atoms with Crippen molar-refractivity contribution in [1.82, 2.24) is 20.0 Å². The van der Waals surface area contributed by atoms with Crippen LogP contribution in [0.5, 0.6) is 0 Å². The monoisotopic (exact) mass is 415 g/mol. The topological polar surface area (TPSA) is 69.6 Å². The van der Waals surface area contributed by atoms with Gasteiger partial charge in [0.1, 0.15) is 6.04 Å². The summed E-state index contributed by atoms with van der Waals surface area (Å²) in [7, 11) is 0. The summed E-state index contributed by atoms with van der Waals surface area (Å²) in [5.74, 6) is 3.80. The average molecular weight is 416 g/mol. The van der Waals surface area contributed by atoms with E-state index >= 15 is 0 Å². The molecule has 0 saturated carbocycles. The fourth-order valence-electron chi connectivity index (χ4n) is 5.69. The van der Waals surface area contributed by atoms with Crippen LogP contribution in [0.25, 0.3) is 0 Å². The van der Waals surface area contributed by atoms with Crippen LogP contribution in [0.1, 0.15) is 31.4 Å². The summed E-state index contributed by atoms with van der Waals surface area (Å²) < 4.78 is 0. The van der Waals surface area contributed by atoms with Crippen LogP contribution in [0.15, 0.2) is 12.1 Å². The van der Waals surface area contributed by atoms with Crippen LogP contribution in [-0.2, 0) is 9.59 Å². The van der Waals surface area contributed by atoms with Gasteiger partial charge in [0.05, 0.1) is 5.69 Å². The molecule has 0 unspecified atom stereocenters. The molecule has 0 radical (unpaired) electrons. The van der Waals surface area contributed by atoms with Crippen LogP contribution in [-0.4, -0.2) is 81.6 Å². The van der Waals surface area contributed by atoms with Crippen molar-refractivity contribution >= 4 is 29.4 Å². The van der Waals surface area contributed by atoms with Gasteiger partial charge in [-0.25, -0.2) is 0 Å². The molecular formula is C21H29N5O2S. The minimum atomic E-state index is -0.312. The van der Waals surface area contributed by atoms with E-state index < -0.39 is 0 Å². The molecule has 5 heterocycles. The van der Waals surface area contributed by atoms with Gasteiger partial charge in [-0.3, -0.25) is 9.59 Å². The maximum absolute atomic E-state index is 13.6. The molecule has 0 spiro atoms. The molecule has 2 amide bonds. The molecule has 8 heteroatoms. The summed E-state index contributed by atoms with van der Waals surface area (Å²) in [5, 5.41) is 8.64. The number of carbonyl (C=O) groups is 2. The molecule has 29 heavy (non-hydrogen) atoms. The summed E-state index contributed by atoms with van der Waals surface area (Å²) in [6.45, 7) is 5.21. The van der Waals surface area contributed by atoms with E-state index in [2.05, 4.69) is 15.1 Å². The van der Waals surface area contributed by atoms with E-state index in [0.29, 0.717) is 12.3 Å². The zero-order valence-electron chi connectivity index (χ0n) is 17.0. The number of hydrogen-bond acceptors (Lipinski definition) is 6. The van der Waals surface area contributed by atoms with Crippen molar-refractivity contribution in [1.29, 1.82) is 0 Å². The second-order valence-electron chi connectivity index (χ2n) is 8.84. The quantitative estimate of drug-likeness (QED) is 0.730. The second-order valence-corrected chi connectivity index (χ2v) is 10.1. The van der Waals surface area contributed by atoms with Crippen LogP contribution in [0.2, 0.25) is 0 Å². The van der Waals surface area contributed by atoms with Gasteiger partial charge < -0.3 is 14.7 Å². The Kier molecular flexibility index (Phi) is 5.14. The zero-order chi connectivity index (χ0) is 20.0. The highest BCUT2D eigenvalue weighted by Gasteiger charge is 2.52. The van der Waals surface area contributed by atoms with Crippen molar-refractivity contribution in [3.05, 3.63) is 17.8 Å². The molecule has 4 atom stereocenters. The van der Waals surface area contributed by atoms with Crippen LogP contribution in [0.4, 0.5) is 5.82 Å². The van der Waals surface area contributed by atoms with E-state index in [1.807, 2.05) is 40.6 Å². The lowest BCUT2D eigenvalue weighted by molar-refractivity contribution is -0.161. The van der Waals surface area contributed by atoms with Crippen molar-refractivity contribution < 1.29 is 9.59 Å². The van der Waals surface area contributed by atoms with Gasteiger partial charge >= 0.3 is 0 Å². The Morgan fingerprint density at radius 1 is 1.14 bits per heavy atom. The molecule has 1 aromatic heterocycles.